The van der Waals surface area contributed by atoms with Crippen molar-refractivity contribution in [2.75, 3.05) is 5.32 Å². The van der Waals surface area contributed by atoms with Crippen molar-refractivity contribution >= 4 is 39.4 Å². The maximum Gasteiger partial charge on any atom is 0.262 e. The lowest BCUT2D eigenvalue weighted by Gasteiger charge is -2.14. The van der Waals surface area contributed by atoms with Crippen molar-refractivity contribution < 1.29 is 4.79 Å². The van der Waals surface area contributed by atoms with Crippen LogP contribution in [-0.2, 0) is 4.79 Å². The molecule has 0 saturated carbocycles. The molecule has 0 aliphatic rings. The van der Waals surface area contributed by atoms with Gasteiger partial charge >= 0.3 is 0 Å². The molecule has 138 valence electrons. The van der Waals surface area contributed by atoms with Crippen molar-refractivity contribution in [1.82, 2.24) is 5.43 Å². The number of carbonyl (C=O) groups excluding carboxylic acids is 1. The number of fused-ring (bicyclic) bond motifs is 2. The molecule has 0 spiro atoms. The maximum atomic E-state index is 12.4. The second kappa shape index (κ2) is 7.92. The lowest BCUT2D eigenvalue weighted by atomic mass is 10.1. The number of carbonyl (C=O) groups is 1. The Kier molecular flexibility index (Phi) is 5.02. The van der Waals surface area contributed by atoms with E-state index in [0.29, 0.717) is 0 Å². The molecule has 2 N–H and O–H groups in total. The summed E-state index contributed by atoms with van der Waals surface area (Å²) in [6.45, 7) is 1.82. The molecule has 1 amide bonds. The molecule has 0 aromatic heterocycles. The largest absolute Gasteiger partial charge is 0.374 e. The Morgan fingerprint density at radius 2 is 1.57 bits per heavy atom. The Bertz CT molecular complexity index is 1160. The molecule has 1 atom stereocenters. The van der Waals surface area contributed by atoms with Crippen molar-refractivity contribution in [1.29, 1.82) is 0 Å². The Morgan fingerprint density at radius 1 is 0.857 bits per heavy atom. The predicted octanol–water partition coefficient (Wildman–Crippen LogP) is 4.94. The van der Waals surface area contributed by atoms with Crippen LogP contribution in [0.4, 0.5) is 5.69 Å². The molecule has 0 aliphatic carbocycles. The number of hydrogen-bond donors (Lipinski definition) is 2. The van der Waals surface area contributed by atoms with Gasteiger partial charge in [0.25, 0.3) is 5.91 Å². The molecule has 28 heavy (non-hydrogen) atoms. The molecule has 4 aromatic carbocycles. The van der Waals surface area contributed by atoms with Crippen molar-refractivity contribution in [3.8, 4) is 0 Å². The van der Waals surface area contributed by atoms with E-state index >= 15 is 0 Å². The minimum absolute atomic E-state index is 0.190. The van der Waals surface area contributed by atoms with Crippen molar-refractivity contribution in [3.05, 3.63) is 90.5 Å². The number of rotatable bonds is 5. The van der Waals surface area contributed by atoms with Gasteiger partial charge in [0.05, 0.1) is 6.21 Å². The van der Waals surface area contributed by atoms with Crippen LogP contribution in [0, 0.1) is 0 Å². The van der Waals surface area contributed by atoms with E-state index in [9.17, 15) is 4.79 Å². The summed E-state index contributed by atoms with van der Waals surface area (Å²) in [4.78, 5) is 12.4. The Morgan fingerprint density at radius 3 is 2.43 bits per heavy atom. The van der Waals surface area contributed by atoms with Crippen LogP contribution in [0.2, 0.25) is 0 Å². The summed E-state index contributed by atoms with van der Waals surface area (Å²) in [5, 5.41) is 11.9. The quantitative estimate of drug-likeness (QED) is 0.388. The number of hydrogen-bond acceptors (Lipinski definition) is 3. The van der Waals surface area contributed by atoms with Gasteiger partial charge in [-0.1, -0.05) is 72.8 Å². The Hall–Kier alpha value is -3.66. The first-order chi connectivity index (χ1) is 13.7. The van der Waals surface area contributed by atoms with Gasteiger partial charge in [-0.2, -0.15) is 5.10 Å². The van der Waals surface area contributed by atoms with Crippen molar-refractivity contribution in [3.63, 3.8) is 0 Å². The fourth-order valence-corrected chi connectivity index (χ4v) is 3.22. The first kappa shape index (κ1) is 17.7. The molecular formula is C24H21N3O. The third kappa shape index (κ3) is 3.86. The highest BCUT2D eigenvalue weighted by Crippen LogP contribution is 2.19. The molecular weight excluding hydrogens is 346 g/mol. The number of hydrazone groups is 1. The van der Waals surface area contributed by atoms with E-state index in [0.717, 1.165) is 27.4 Å². The van der Waals surface area contributed by atoms with Crippen molar-refractivity contribution in [2.45, 2.75) is 13.0 Å². The summed E-state index contributed by atoms with van der Waals surface area (Å²) in [5.41, 5.74) is 4.49. The summed E-state index contributed by atoms with van der Waals surface area (Å²) < 4.78 is 0. The monoisotopic (exact) mass is 367 g/mol. The summed E-state index contributed by atoms with van der Waals surface area (Å²) in [5.74, 6) is -0.190. The molecule has 0 radical (unpaired) electrons. The minimum atomic E-state index is -0.411. The summed E-state index contributed by atoms with van der Waals surface area (Å²) >= 11 is 0. The number of benzene rings is 4. The van der Waals surface area contributed by atoms with Gasteiger partial charge in [0.1, 0.15) is 6.04 Å². The number of amides is 1. The number of nitrogens with one attached hydrogen (secondary N) is 2. The van der Waals surface area contributed by atoms with Crippen LogP contribution in [0.5, 0.6) is 0 Å². The standard InChI is InChI=1S/C24H21N3O/c1-17(26-22-14-13-18-7-2-3-9-20(18)15-22)24(28)27-25-16-21-11-6-10-19-8-4-5-12-23(19)21/h2-17,26H,1H3,(H,27,28)/b25-16-/t17-/m1/s1. The van der Waals surface area contributed by atoms with E-state index in [4.69, 9.17) is 0 Å². The van der Waals surface area contributed by atoms with Crippen LogP contribution in [0.25, 0.3) is 21.5 Å². The van der Waals surface area contributed by atoms with Gasteiger partial charge in [0.15, 0.2) is 0 Å². The molecule has 0 aliphatic heterocycles. The van der Waals surface area contributed by atoms with Gasteiger partial charge in [-0.25, -0.2) is 5.43 Å². The van der Waals surface area contributed by atoms with Crippen LogP contribution >= 0.6 is 0 Å². The highest BCUT2D eigenvalue weighted by molar-refractivity contribution is 6.00. The van der Waals surface area contributed by atoms with E-state index in [1.807, 2.05) is 67.6 Å². The second-order valence-electron chi connectivity index (χ2n) is 6.73. The molecule has 4 heteroatoms. The topological polar surface area (TPSA) is 53.5 Å². The van der Waals surface area contributed by atoms with E-state index < -0.39 is 6.04 Å². The lowest BCUT2D eigenvalue weighted by Crippen LogP contribution is -2.34. The average molecular weight is 367 g/mol. The van der Waals surface area contributed by atoms with Crippen LogP contribution in [0.1, 0.15) is 12.5 Å². The van der Waals surface area contributed by atoms with Crippen LogP contribution < -0.4 is 10.7 Å². The third-order valence-corrected chi connectivity index (χ3v) is 4.73. The average Bonchev–Trinajstić information content (AvgIpc) is 2.73. The van der Waals surface area contributed by atoms with E-state index in [1.54, 1.807) is 6.21 Å². The Balaban J connectivity index is 1.41. The predicted molar refractivity (Wildman–Crippen MR) is 117 cm³/mol. The number of nitrogens with zero attached hydrogens (tertiary/aromatic N) is 1. The van der Waals surface area contributed by atoms with Crippen LogP contribution in [0.15, 0.2) is 90.0 Å². The molecule has 4 rings (SSSR count). The van der Waals surface area contributed by atoms with Gasteiger partial charge in [0.2, 0.25) is 0 Å². The SMILES string of the molecule is C[C@@H](Nc1ccc2ccccc2c1)C(=O)N/N=C\c1cccc2ccccc12. The maximum absolute atomic E-state index is 12.4. The minimum Gasteiger partial charge on any atom is -0.374 e. The first-order valence-corrected chi connectivity index (χ1v) is 9.27. The first-order valence-electron chi connectivity index (χ1n) is 9.27. The highest BCUT2D eigenvalue weighted by Gasteiger charge is 2.11. The second-order valence-corrected chi connectivity index (χ2v) is 6.73. The van der Waals surface area contributed by atoms with Crippen LogP contribution in [-0.4, -0.2) is 18.2 Å². The zero-order valence-corrected chi connectivity index (χ0v) is 15.6. The fraction of sp³-hybridized carbons (Fsp3) is 0.0833. The van der Waals surface area contributed by atoms with Crippen LogP contribution in [0.3, 0.4) is 0 Å². The molecule has 0 saturated heterocycles. The molecule has 0 fully saturated rings. The van der Waals surface area contributed by atoms with Crippen molar-refractivity contribution in [2.24, 2.45) is 5.10 Å². The van der Waals surface area contributed by atoms with E-state index in [1.165, 1.54) is 5.39 Å². The summed E-state index contributed by atoms with van der Waals surface area (Å²) in [7, 11) is 0. The summed E-state index contributed by atoms with van der Waals surface area (Å²) in [6, 6.07) is 27.9. The van der Waals surface area contributed by atoms with Gasteiger partial charge in [-0.3, -0.25) is 4.79 Å². The molecule has 4 nitrogen and oxygen atoms in total. The van der Waals surface area contributed by atoms with Gasteiger partial charge in [-0.05, 0) is 40.6 Å². The fourth-order valence-electron chi connectivity index (χ4n) is 3.22. The van der Waals surface area contributed by atoms with E-state index in [2.05, 4.69) is 40.1 Å². The molecule has 4 aromatic rings. The normalized spacial score (nSPS) is 12.3. The van der Waals surface area contributed by atoms with Gasteiger partial charge < -0.3 is 5.32 Å². The van der Waals surface area contributed by atoms with E-state index in [-0.39, 0.29) is 5.91 Å². The summed E-state index contributed by atoms with van der Waals surface area (Å²) in [6.07, 6.45) is 1.68. The number of anilines is 1. The highest BCUT2D eigenvalue weighted by atomic mass is 16.2. The smallest absolute Gasteiger partial charge is 0.262 e. The Labute approximate surface area is 163 Å². The zero-order chi connectivity index (χ0) is 19.3. The third-order valence-electron chi connectivity index (χ3n) is 4.73. The molecule has 0 unspecified atom stereocenters. The molecule has 0 bridgehead atoms. The zero-order valence-electron chi connectivity index (χ0n) is 15.6. The van der Waals surface area contributed by atoms with Gasteiger partial charge in [0, 0.05) is 11.3 Å². The van der Waals surface area contributed by atoms with Gasteiger partial charge in [-0.15, -0.1) is 0 Å². The molecule has 0 heterocycles. The lowest BCUT2D eigenvalue weighted by molar-refractivity contribution is -0.121.